The van der Waals surface area contributed by atoms with Gasteiger partial charge in [-0.1, -0.05) is 15.9 Å². The van der Waals surface area contributed by atoms with Gasteiger partial charge < -0.3 is 5.73 Å². The highest BCUT2D eigenvalue weighted by molar-refractivity contribution is 9.11. The third kappa shape index (κ3) is 2.71. The van der Waals surface area contributed by atoms with Crippen molar-refractivity contribution in [3.8, 4) is 17.1 Å². The number of anilines is 1. The zero-order valence-electron chi connectivity index (χ0n) is 11.1. The molecule has 5 nitrogen and oxygen atoms in total. The van der Waals surface area contributed by atoms with Crippen LogP contribution in [-0.2, 0) is 0 Å². The maximum absolute atomic E-state index is 5.80. The first-order valence-corrected chi connectivity index (χ1v) is 7.75. The van der Waals surface area contributed by atoms with Gasteiger partial charge >= 0.3 is 0 Å². The highest BCUT2D eigenvalue weighted by Gasteiger charge is 2.15. The lowest BCUT2D eigenvalue weighted by atomic mass is 10.1. The predicted molar refractivity (Wildman–Crippen MR) is 89.1 cm³/mol. The minimum atomic E-state index is 0.673. The molecule has 0 atom stereocenters. The van der Waals surface area contributed by atoms with Crippen molar-refractivity contribution in [1.82, 2.24) is 20.2 Å². The van der Waals surface area contributed by atoms with Gasteiger partial charge in [0.15, 0.2) is 5.82 Å². The van der Waals surface area contributed by atoms with Crippen molar-refractivity contribution in [3.05, 3.63) is 50.9 Å². The number of benzene rings is 2. The number of hydrogen-bond donors (Lipinski definition) is 1. The van der Waals surface area contributed by atoms with Crippen LogP contribution in [0.25, 0.3) is 17.1 Å². The molecule has 1 aromatic heterocycles. The van der Waals surface area contributed by atoms with Gasteiger partial charge in [0.25, 0.3) is 0 Å². The van der Waals surface area contributed by atoms with Crippen molar-refractivity contribution in [2.45, 2.75) is 6.92 Å². The van der Waals surface area contributed by atoms with Crippen molar-refractivity contribution in [3.63, 3.8) is 0 Å². The summed E-state index contributed by atoms with van der Waals surface area (Å²) in [7, 11) is 0. The number of aryl methyl sites for hydroxylation is 1. The zero-order chi connectivity index (χ0) is 15.0. The molecule has 0 fully saturated rings. The lowest BCUT2D eigenvalue weighted by molar-refractivity contribution is 0.788. The Morgan fingerprint density at radius 1 is 1.10 bits per heavy atom. The van der Waals surface area contributed by atoms with E-state index < -0.39 is 0 Å². The van der Waals surface area contributed by atoms with Crippen LogP contribution in [0.5, 0.6) is 0 Å². The van der Waals surface area contributed by atoms with E-state index in [0.29, 0.717) is 5.82 Å². The van der Waals surface area contributed by atoms with Gasteiger partial charge in [-0.2, -0.15) is 4.68 Å². The van der Waals surface area contributed by atoms with Crippen LogP contribution >= 0.6 is 31.9 Å². The van der Waals surface area contributed by atoms with E-state index in [4.69, 9.17) is 5.73 Å². The number of hydrogen-bond acceptors (Lipinski definition) is 4. The molecule has 0 amide bonds. The van der Waals surface area contributed by atoms with Gasteiger partial charge in [-0.3, -0.25) is 0 Å². The van der Waals surface area contributed by atoms with E-state index in [9.17, 15) is 0 Å². The number of tetrazole rings is 1. The maximum atomic E-state index is 5.80. The molecule has 7 heteroatoms. The van der Waals surface area contributed by atoms with Crippen LogP contribution in [0.15, 0.2) is 45.3 Å². The summed E-state index contributed by atoms with van der Waals surface area (Å²) in [4.78, 5) is 0. The molecule has 0 radical (unpaired) electrons. The molecule has 0 saturated heterocycles. The molecular formula is C14H11Br2N5. The topological polar surface area (TPSA) is 69.6 Å². The van der Waals surface area contributed by atoms with Crippen molar-refractivity contribution in [2.24, 2.45) is 0 Å². The monoisotopic (exact) mass is 407 g/mol. The van der Waals surface area contributed by atoms with E-state index in [-0.39, 0.29) is 0 Å². The summed E-state index contributed by atoms with van der Waals surface area (Å²) in [6.45, 7) is 1.99. The molecule has 0 aliphatic carbocycles. The zero-order valence-corrected chi connectivity index (χ0v) is 14.3. The molecule has 0 saturated carbocycles. The molecule has 3 rings (SSSR count). The SMILES string of the molecule is Cc1cc(N)ccc1-c1nnnn1-c1cc(Br)ccc1Br. The van der Waals surface area contributed by atoms with Gasteiger partial charge in [-0.25, -0.2) is 0 Å². The molecule has 3 aromatic rings. The summed E-state index contributed by atoms with van der Waals surface area (Å²) in [6.07, 6.45) is 0. The highest BCUT2D eigenvalue weighted by Crippen LogP contribution is 2.29. The molecule has 2 N–H and O–H groups in total. The van der Waals surface area contributed by atoms with Crippen LogP contribution in [-0.4, -0.2) is 20.2 Å². The smallest absolute Gasteiger partial charge is 0.187 e. The van der Waals surface area contributed by atoms with E-state index >= 15 is 0 Å². The van der Waals surface area contributed by atoms with Crippen molar-refractivity contribution in [1.29, 1.82) is 0 Å². The fraction of sp³-hybridized carbons (Fsp3) is 0.0714. The molecule has 0 spiro atoms. The van der Waals surface area contributed by atoms with Crippen molar-refractivity contribution in [2.75, 3.05) is 5.73 Å². The molecule has 0 bridgehead atoms. The Bertz CT molecular complexity index is 813. The number of nitrogens with zero attached hydrogens (tertiary/aromatic N) is 4. The average Bonchev–Trinajstić information content (AvgIpc) is 2.90. The Kier molecular flexibility index (Phi) is 3.77. The quantitative estimate of drug-likeness (QED) is 0.655. The van der Waals surface area contributed by atoms with E-state index in [1.165, 1.54) is 0 Å². The second kappa shape index (κ2) is 5.57. The van der Waals surface area contributed by atoms with Gasteiger partial charge in [-0.15, -0.1) is 5.10 Å². The van der Waals surface area contributed by atoms with Gasteiger partial charge in [0, 0.05) is 20.2 Å². The first kappa shape index (κ1) is 14.2. The van der Waals surface area contributed by atoms with Gasteiger partial charge in [0.2, 0.25) is 0 Å². The molecule has 1 heterocycles. The van der Waals surface area contributed by atoms with E-state index in [0.717, 1.165) is 31.4 Å². The van der Waals surface area contributed by atoms with Crippen LogP contribution in [0.2, 0.25) is 0 Å². The highest BCUT2D eigenvalue weighted by atomic mass is 79.9. The summed E-state index contributed by atoms with van der Waals surface area (Å²) in [5.74, 6) is 0.673. The Morgan fingerprint density at radius 3 is 2.67 bits per heavy atom. The van der Waals surface area contributed by atoms with Gasteiger partial charge in [-0.05, 0) is 75.2 Å². The predicted octanol–water partition coefficient (Wildman–Crippen LogP) is 3.74. The Labute approximate surface area is 138 Å². The fourth-order valence-corrected chi connectivity index (χ4v) is 2.87. The van der Waals surface area contributed by atoms with Crippen LogP contribution in [0.3, 0.4) is 0 Å². The Morgan fingerprint density at radius 2 is 1.90 bits per heavy atom. The van der Waals surface area contributed by atoms with E-state index in [1.54, 1.807) is 4.68 Å². The third-order valence-corrected chi connectivity index (χ3v) is 4.26. The van der Waals surface area contributed by atoms with E-state index in [2.05, 4.69) is 47.4 Å². The normalized spacial score (nSPS) is 10.8. The lowest BCUT2D eigenvalue weighted by Crippen LogP contribution is -2.02. The van der Waals surface area contributed by atoms with Gasteiger partial charge in [0.1, 0.15) is 0 Å². The van der Waals surface area contributed by atoms with Crippen LogP contribution in [0, 0.1) is 6.92 Å². The number of rotatable bonds is 2. The third-order valence-electron chi connectivity index (χ3n) is 3.10. The molecule has 0 unspecified atom stereocenters. The standard InChI is InChI=1S/C14H11Br2N5/c1-8-6-10(17)3-4-11(8)14-18-19-20-21(14)13-7-9(15)2-5-12(13)16/h2-7H,17H2,1H3. The lowest BCUT2D eigenvalue weighted by Gasteiger charge is -2.09. The number of halogens is 2. The van der Waals surface area contributed by atoms with Crippen molar-refractivity contribution < 1.29 is 0 Å². The second-order valence-electron chi connectivity index (χ2n) is 4.58. The largest absolute Gasteiger partial charge is 0.399 e. The summed E-state index contributed by atoms with van der Waals surface area (Å²) < 4.78 is 3.57. The fourth-order valence-electron chi connectivity index (χ4n) is 2.10. The molecular weight excluding hydrogens is 398 g/mol. The second-order valence-corrected chi connectivity index (χ2v) is 6.35. The van der Waals surface area contributed by atoms with Crippen LogP contribution in [0.4, 0.5) is 5.69 Å². The maximum Gasteiger partial charge on any atom is 0.187 e. The first-order valence-electron chi connectivity index (χ1n) is 6.16. The molecule has 21 heavy (non-hydrogen) atoms. The Balaban J connectivity index is 2.19. The minimum absolute atomic E-state index is 0.673. The first-order chi connectivity index (χ1) is 10.1. The Hall–Kier alpha value is -1.73. The summed E-state index contributed by atoms with van der Waals surface area (Å²) in [5.41, 5.74) is 9.36. The minimum Gasteiger partial charge on any atom is -0.399 e. The summed E-state index contributed by atoms with van der Waals surface area (Å²) in [6, 6.07) is 11.5. The summed E-state index contributed by atoms with van der Waals surface area (Å²) in [5, 5.41) is 12.1. The van der Waals surface area contributed by atoms with Crippen molar-refractivity contribution >= 4 is 37.5 Å². The number of nitrogens with two attached hydrogens (primary N) is 1. The van der Waals surface area contributed by atoms with Crippen LogP contribution < -0.4 is 5.73 Å². The number of nitrogen functional groups attached to an aromatic ring is 1. The molecule has 2 aromatic carbocycles. The molecule has 106 valence electrons. The van der Waals surface area contributed by atoms with Crippen LogP contribution in [0.1, 0.15) is 5.56 Å². The van der Waals surface area contributed by atoms with E-state index in [1.807, 2.05) is 43.3 Å². The number of aromatic nitrogens is 4. The van der Waals surface area contributed by atoms with Gasteiger partial charge in [0.05, 0.1) is 5.69 Å². The molecule has 0 aliphatic rings. The average molecular weight is 409 g/mol. The summed E-state index contributed by atoms with van der Waals surface area (Å²) >= 11 is 7.00. The molecule has 0 aliphatic heterocycles.